The molecule has 2 rings (SSSR count). The highest BCUT2D eigenvalue weighted by Crippen LogP contribution is 2.38. The van der Waals surface area contributed by atoms with Crippen molar-refractivity contribution in [1.82, 2.24) is 0 Å². The minimum Gasteiger partial charge on any atom is -0.508 e. The monoisotopic (exact) mass is 398 g/mol. The smallest absolute Gasteiger partial charge is 0.115 e. The standard InChI is InChI=1S/C26H38O3/c1-2-3-4-5-6-7-8-9-10-11-20-26(21-27,22-12-16-24(28)17-13-22)23-14-18-25(29)19-15-23/h12-19,27-29H,2-11,20-21H2,1H3. The molecule has 0 spiro atoms. The summed E-state index contributed by atoms with van der Waals surface area (Å²) in [6, 6.07) is 14.3. The van der Waals surface area contributed by atoms with Gasteiger partial charge in [-0.15, -0.1) is 0 Å². The molecular weight excluding hydrogens is 360 g/mol. The van der Waals surface area contributed by atoms with E-state index in [0.717, 1.165) is 30.4 Å². The minimum atomic E-state index is -0.512. The Kier molecular flexibility index (Phi) is 10.1. The van der Waals surface area contributed by atoms with E-state index in [9.17, 15) is 15.3 Å². The van der Waals surface area contributed by atoms with Crippen molar-refractivity contribution in [3.05, 3.63) is 59.7 Å². The Morgan fingerprint density at radius 3 is 1.34 bits per heavy atom. The molecule has 0 saturated carbocycles. The number of aliphatic hydroxyl groups excluding tert-OH is 1. The van der Waals surface area contributed by atoms with Gasteiger partial charge in [0.25, 0.3) is 0 Å². The number of phenolic OH excluding ortho intramolecular Hbond substituents is 2. The van der Waals surface area contributed by atoms with Crippen LogP contribution < -0.4 is 0 Å². The molecule has 29 heavy (non-hydrogen) atoms. The van der Waals surface area contributed by atoms with Crippen molar-refractivity contribution in [2.75, 3.05) is 6.61 Å². The van der Waals surface area contributed by atoms with Crippen LogP contribution in [-0.4, -0.2) is 21.9 Å². The molecule has 0 aromatic heterocycles. The van der Waals surface area contributed by atoms with Gasteiger partial charge < -0.3 is 15.3 Å². The highest BCUT2D eigenvalue weighted by molar-refractivity contribution is 5.43. The average molecular weight is 399 g/mol. The van der Waals surface area contributed by atoms with Crippen molar-refractivity contribution in [3.8, 4) is 11.5 Å². The number of hydrogen-bond acceptors (Lipinski definition) is 3. The van der Waals surface area contributed by atoms with Gasteiger partial charge in [0.15, 0.2) is 0 Å². The molecule has 0 saturated heterocycles. The Bertz CT molecular complexity index is 631. The largest absolute Gasteiger partial charge is 0.508 e. The van der Waals surface area contributed by atoms with Gasteiger partial charge in [0.1, 0.15) is 11.5 Å². The van der Waals surface area contributed by atoms with E-state index in [1.807, 2.05) is 24.3 Å². The van der Waals surface area contributed by atoms with Gasteiger partial charge in [-0.3, -0.25) is 0 Å². The Hall–Kier alpha value is -2.00. The normalized spacial score (nSPS) is 11.7. The van der Waals surface area contributed by atoms with E-state index in [1.165, 1.54) is 51.4 Å². The molecule has 160 valence electrons. The van der Waals surface area contributed by atoms with Crippen LogP contribution in [0.5, 0.6) is 11.5 Å². The lowest BCUT2D eigenvalue weighted by molar-refractivity contribution is 0.207. The van der Waals surface area contributed by atoms with Crippen LogP contribution in [0.4, 0.5) is 0 Å². The third-order valence-electron chi connectivity index (χ3n) is 6.07. The summed E-state index contributed by atoms with van der Waals surface area (Å²) in [4.78, 5) is 0. The van der Waals surface area contributed by atoms with E-state index < -0.39 is 5.41 Å². The van der Waals surface area contributed by atoms with E-state index in [2.05, 4.69) is 6.92 Å². The third-order valence-corrected chi connectivity index (χ3v) is 6.07. The first-order valence-corrected chi connectivity index (χ1v) is 11.3. The van der Waals surface area contributed by atoms with Gasteiger partial charge in [-0.1, -0.05) is 95.4 Å². The second kappa shape index (κ2) is 12.5. The lowest BCUT2D eigenvalue weighted by atomic mass is 9.71. The SMILES string of the molecule is CCCCCCCCCCCCC(CO)(c1ccc(O)cc1)c1ccc(O)cc1. The molecule has 2 aromatic carbocycles. The molecule has 3 N–H and O–H groups in total. The topological polar surface area (TPSA) is 60.7 Å². The number of aromatic hydroxyl groups is 2. The van der Waals surface area contributed by atoms with Crippen LogP contribution in [0.1, 0.15) is 88.7 Å². The first-order valence-electron chi connectivity index (χ1n) is 11.3. The average Bonchev–Trinajstić information content (AvgIpc) is 2.74. The third kappa shape index (κ3) is 7.08. The van der Waals surface area contributed by atoms with Crippen LogP contribution in [0.15, 0.2) is 48.5 Å². The first kappa shape index (κ1) is 23.3. The van der Waals surface area contributed by atoms with Crippen molar-refractivity contribution in [1.29, 1.82) is 0 Å². The number of unbranched alkanes of at least 4 members (excludes halogenated alkanes) is 9. The zero-order valence-corrected chi connectivity index (χ0v) is 17.9. The molecule has 0 radical (unpaired) electrons. The highest BCUT2D eigenvalue weighted by atomic mass is 16.3. The fourth-order valence-corrected chi connectivity index (χ4v) is 4.19. The number of hydrogen-bond donors (Lipinski definition) is 3. The summed E-state index contributed by atoms with van der Waals surface area (Å²) in [7, 11) is 0. The molecule has 0 atom stereocenters. The minimum absolute atomic E-state index is 0.0000208. The van der Waals surface area contributed by atoms with Crippen molar-refractivity contribution in [3.63, 3.8) is 0 Å². The number of phenols is 2. The predicted molar refractivity (Wildman–Crippen MR) is 121 cm³/mol. The molecule has 0 bridgehead atoms. The Balaban J connectivity index is 1.94. The van der Waals surface area contributed by atoms with Crippen LogP contribution in [0.25, 0.3) is 0 Å². The van der Waals surface area contributed by atoms with Crippen molar-refractivity contribution in [2.24, 2.45) is 0 Å². The summed E-state index contributed by atoms with van der Waals surface area (Å²) in [5, 5.41) is 29.8. The van der Waals surface area contributed by atoms with Crippen LogP contribution in [0.2, 0.25) is 0 Å². The molecule has 3 nitrogen and oxygen atoms in total. The quantitative estimate of drug-likeness (QED) is 0.311. The van der Waals surface area contributed by atoms with Gasteiger partial charge in [0, 0.05) is 5.41 Å². The van der Waals surface area contributed by atoms with Crippen LogP contribution in [0, 0.1) is 0 Å². The summed E-state index contributed by atoms with van der Waals surface area (Å²) in [6.07, 6.45) is 13.6. The van der Waals surface area contributed by atoms with Crippen LogP contribution in [-0.2, 0) is 5.41 Å². The van der Waals surface area contributed by atoms with Crippen molar-refractivity contribution in [2.45, 2.75) is 83.0 Å². The lowest BCUT2D eigenvalue weighted by Gasteiger charge is -2.33. The van der Waals surface area contributed by atoms with Crippen molar-refractivity contribution >= 4 is 0 Å². The van der Waals surface area contributed by atoms with E-state index in [0.29, 0.717) is 0 Å². The summed E-state index contributed by atoms with van der Waals surface area (Å²) >= 11 is 0. The van der Waals surface area contributed by atoms with E-state index >= 15 is 0 Å². The van der Waals surface area contributed by atoms with Crippen LogP contribution in [0.3, 0.4) is 0 Å². The van der Waals surface area contributed by atoms with E-state index in [4.69, 9.17) is 0 Å². The molecule has 0 heterocycles. The van der Waals surface area contributed by atoms with Crippen LogP contribution >= 0.6 is 0 Å². The van der Waals surface area contributed by atoms with Gasteiger partial charge in [0.05, 0.1) is 6.61 Å². The number of rotatable bonds is 14. The molecule has 0 aliphatic carbocycles. The number of aliphatic hydroxyl groups is 1. The van der Waals surface area contributed by atoms with Gasteiger partial charge in [-0.05, 0) is 41.8 Å². The van der Waals surface area contributed by atoms with Gasteiger partial charge in [-0.25, -0.2) is 0 Å². The fourth-order valence-electron chi connectivity index (χ4n) is 4.19. The second-order valence-corrected chi connectivity index (χ2v) is 8.27. The highest BCUT2D eigenvalue weighted by Gasteiger charge is 2.33. The maximum Gasteiger partial charge on any atom is 0.115 e. The van der Waals surface area contributed by atoms with Gasteiger partial charge >= 0.3 is 0 Å². The molecule has 3 heteroatoms. The Labute approximate surface area is 176 Å². The van der Waals surface area contributed by atoms with E-state index in [1.54, 1.807) is 24.3 Å². The first-order chi connectivity index (χ1) is 14.1. The molecular formula is C26H38O3. The molecule has 0 unspecified atom stereocenters. The lowest BCUT2D eigenvalue weighted by Crippen LogP contribution is -2.32. The zero-order chi connectivity index (χ0) is 21.0. The summed E-state index contributed by atoms with van der Waals surface area (Å²) in [5.74, 6) is 0.454. The Morgan fingerprint density at radius 2 is 0.966 bits per heavy atom. The molecule has 0 fully saturated rings. The zero-order valence-electron chi connectivity index (χ0n) is 17.9. The van der Waals surface area contributed by atoms with Gasteiger partial charge in [0.2, 0.25) is 0 Å². The summed E-state index contributed by atoms with van der Waals surface area (Å²) in [6.45, 7) is 2.25. The van der Waals surface area contributed by atoms with E-state index in [-0.39, 0.29) is 18.1 Å². The number of benzene rings is 2. The summed E-state index contributed by atoms with van der Waals surface area (Å²) in [5.41, 5.74) is 1.49. The maximum atomic E-state index is 10.4. The molecule has 0 aliphatic heterocycles. The Morgan fingerprint density at radius 1 is 0.586 bits per heavy atom. The van der Waals surface area contributed by atoms with Crippen molar-refractivity contribution < 1.29 is 15.3 Å². The molecule has 0 amide bonds. The van der Waals surface area contributed by atoms with Gasteiger partial charge in [-0.2, -0.15) is 0 Å². The maximum absolute atomic E-state index is 10.4. The predicted octanol–water partition coefficient (Wildman–Crippen LogP) is 6.69. The molecule has 0 aliphatic rings. The molecule has 2 aromatic rings. The summed E-state index contributed by atoms with van der Waals surface area (Å²) < 4.78 is 0. The fraction of sp³-hybridized carbons (Fsp3) is 0.538. The second-order valence-electron chi connectivity index (χ2n) is 8.27.